The van der Waals surface area contributed by atoms with Crippen molar-refractivity contribution in [1.82, 2.24) is 5.32 Å². The van der Waals surface area contributed by atoms with Gasteiger partial charge in [-0.15, -0.1) is 23.7 Å². The summed E-state index contributed by atoms with van der Waals surface area (Å²) in [5.74, 6) is 0.916. The van der Waals surface area contributed by atoms with Gasteiger partial charge in [0.25, 0.3) is 5.91 Å². The van der Waals surface area contributed by atoms with E-state index in [1.165, 1.54) is 17.8 Å². The van der Waals surface area contributed by atoms with E-state index in [9.17, 15) is 4.79 Å². The molecule has 3 rings (SSSR count). The third kappa shape index (κ3) is 3.67. The maximum absolute atomic E-state index is 12.4. The van der Waals surface area contributed by atoms with Crippen molar-refractivity contribution < 1.29 is 4.79 Å². The van der Waals surface area contributed by atoms with Crippen LogP contribution in [-0.4, -0.2) is 18.0 Å². The summed E-state index contributed by atoms with van der Waals surface area (Å²) in [4.78, 5) is 12.4. The Bertz CT molecular complexity index is 508. The number of hydrogen-bond donors (Lipinski definition) is 2. The van der Waals surface area contributed by atoms with Crippen LogP contribution < -0.4 is 11.1 Å². The van der Waals surface area contributed by atoms with Gasteiger partial charge in [0.1, 0.15) is 4.34 Å². The fourth-order valence-corrected chi connectivity index (χ4v) is 5.21. The number of halogens is 3. The smallest absolute Gasteiger partial charge is 0.253 e. The van der Waals surface area contributed by atoms with Gasteiger partial charge >= 0.3 is 0 Å². The van der Waals surface area contributed by atoms with E-state index < -0.39 is 0 Å². The van der Waals surface area contributed by atoms with Crippen LogP contribution in [0.25, 0.3) is 0 Å². The van der Waals surface area contributed by atoms with Gasteiger partial charge < -0.3 is 11.1 Å². The molecule has 1 amide bonds. The van der Waals surface area contributed by atoms with E-state index in [-0.39, 0.29) is 30.4 Å². The Hall–Kier alpha value is -0.0000000000000000555. The molecule has 1 aromatic heterocycles. The van der Waals surface area contributed by atoms with E-state index in [2.05, 4.69) is 5.32 Å². The summed E-state index contributed by atoms with van der Waals surface area (Å²) in [7, 11) is 0. The average Bonchev–Trinajstić information content (AvgIpc) is 2.69. The molecule has 2 aliphatic rings. The monoisotopic (exact) mass is 368 g/mol. The molecule has 7 heteroatoms. The normalized spacial score (nSPS) is 31.4. The summed E-state index contributed by atoms with van der Waals surface area (Å²) >= 11 is 13.2. The summed E-state index contributed by atoms with van der Waals surface area (Å²) in [6, 6.07) is 2.18. The Morgan fingerprint density at radius 2 is 1.90 bits per heavy atom. The number of hydrogen-bond acceptors (Lipinski definition) is 3. The Labute approximate surface area is 145 Å². The SMILES string of the molecule is Cl.NC1CC2CCCC(C1)C2NC(=O)c1cc(Cl)sc1Cl. The molecule has 2 fully saturated rings. The van der Waals surface area contributed by atoms with E-state index in [1.807, 2.05) is 0 Å². The summed E-state index contributed by atoms with van der Waals surface area (Å²) < 4.78 is 1.01. The highest BCUT2D eigenvalue weighted by Crippen LogP contribution is 2.40. The maximum atomic E-state index is 12.4. The number of amides is 1. The standard InChI is InChI=1S/C14H18Cl2N2OS.ClH/c15-11-6-10(13(16)20-11)14(19)18-12-7-2-1-3-8(12)5-9(17)4-7;/h6-9,12H,1-5,17H2,(H,18,19);1H. The maximum Gasteiger partial charge on any atom is 0.253 e. The minimum Gasteiger partial charge on any atom is -0.349 e. The second-order valence-corrected chi connectivity index (χ2v) is 8.21. The van der Waals surface area contributed by atoms with Gasteiger partial charge in [0.15, 0.2) is 0 Å². The van der Waals surface area contributed by atoms with Crippen LogP contribution in [0, 0.1) is 11.8 Å². The van der Waals surface area contributed by atoms with Crippen LogP contribution in [-0.2, 0) is 0 Å². The molecular weight excluding hydrogens is 351 g/mol. The quantitative estimate of drug-likeness (QED) is 0.824. The highest BCUT2D eigenvalue weighted by Gasteiger charge is 2.40. The fraction of sp³-hybridized carbons (Fsp3) is 0.643. The molecule has 2 unspecified atom stereocenters. The molecule has 0 spiro atoms. The Kier molecular flexibility index (Phi) is 5.83. The van der Waals surface area contributed by atoms with Gasteiger partial charge in [0, 0.05) is 12.1 Å². The topological polar surface area (TPSA) is 55.1 Å². The predicted octanol–water partition coefficient (Wildman–Crippen LogP) is 4.11. The minimum absolute atomic E-state index is 0. The molecule has 0 saturated heterocycles. The Balaban J connectivity index is 0.00000161. The van der Waals surface area contributed by atoms with E-state index in [1.54, 1.807) is 6.07 Å². The van der Waals surface area contributed by atoms with Gasteiger partial charge in [-0.1, -0.05) is 29.6 Å². The number of fused-ring (bicyclic) bond motifs is 2. The van der Waals surface area contributed by atoms with Gasteiger partial charge in [-0.05, 0) is 43.6 Å². The highest BCUT2D eigenvalue weighted by atomic mass is 35.5. The molecule has 21 heavy (non-hydrogen) atoms. The van der Waals surface area contributed by atoms with Crippen LogP contribution in [0.5, 0.6) is 0 Å². The first-order valence-electron chi connectivity index (χ1n) is 7.06. The second kappa shape index (κ2) is 7.05. The first-order valence-corrected chi connectivity index (χ1v) is 8.63. The highest BCUT2D eigenvalue weighted by molar-refractivity contribution is 7.20. The van der Waals surface area contributed by atoms with Gasteiger partial charge in [-0.25, -0.2) is 0 Å². The van der Waals surface area contributed by atoms with E-state index in [4.69, 9.17) is 28.9 Å². The predicted molar refractivity (Wildman–Crippen MR) is 90.9 cm³/mol. The summed E-state index contributed by atoms with van der Waals surface area (Å²) in [6.45, 7) is 0. The number of thiophene rings is 1. The first-order chi connectivity index (χ1) is 9.54. The molecule has 2 saturated carbocycles. The lowest BCUT2D eigenvalue weighted by molar-refractivity contribution is 0.0756. The van der Waals surface area contributed by atoms with Crippen LogP contribution in [0.4, 0.5) is 0 Å². The van der Waals surface area contributed by atoms with Crippen molar-refractivity contribution in [3.63, 3.8) is 0 Å². The molecule has 3 nitrogen and oxygen atoms in total. The van der Waals surface area contributed by atoms with Crippen molar-refractivity contribution in [1.29, 1.82) is 0 Å². The number of nitrogens with one attached hydrogen (secondary N) is 1. The third-order valence-corrected chi connectivity index (χ3v) is 6.06. The molecule has 2 aliphatic carbocycles. The molecule has 2 atom stereocenters. The van der Waals surface area contributed by atoms with Crippen LogP contribution >= 0.6 is 46.9 Å². The second-order valence-electron chi connectivity index (χ2n) is 5.92. The summed E-state index contributed by atoms with van der Waals surface area (Å²) in [5.41, 5.74) is 6.60. The van der Waals surface area contributed by atoms with Crippen molar-refractivity contribution >= 4 is 52.9 Å². The molecule has 0 aliphatic heterocycles. The molecule has 0 aromatic carbocycles. The van der Waals surface area contributed by atoms with Crippen molar-refractivity contribution in [3.8, 4) is 0 Å². The lowest BCUT2D eigenvalue weighted by Gasteiger charge is -2.45. The van der Waals surface area contributed by atoms with E-state index >= 15 is 0 Å². The zero-order valence-electron chi connectivity index (χ0n) is 11.5. The van der Waals surface area contributed by atoms with E-state index in [0.29, 0.717) is 26.1 Å². The number of nitrogens with two attached hydrogens (primary N) is 1. The van der Waals surface area contributed by atoms with E-state index in [0.717, 1.165) is 25.7 Å². The zero-order chi connectivity index (χ0) is 14.3. The third-order valence-electron chi connectivity index (χ3n) is 4.58. The summed E-state index contributed by atoms with van der Waals surface area (Å²) in [6.07, 6.45) is 5.60. The van der Waals surface area contributed by atoms with Gasteiger partial charge in [-0.2, -0.15) is 0 Å². The summed E-state index contributed by atoms with van der Waals surface area (Å²) in [5, 5.41) is 3.18. The van der Waals surface area contributed by atoms with Crippen LogP contribution in [0.2, 0.25) is 8.67 Å². The molecule has 1 heterocycles. The Morgan fingerprint density at radius 1 is 1.29 bits per heavy atom. The van der Waals surface area contributed by atoms with Gasteiger partial charge in [-0.3, -0.25) is 4.79 Å². The van der Waals surface area contributed by atoms with Crippen molar-refractivity contribution in [2.45, 2.75) is 44.2 Å². The van der Waals surface area contributed by atoms with Crippen LogP contribution in [0.3, 0.4) is 0 Å². The first kappa shape index (κ1) is 17.4. The van der Waals surface area contributed by atoms with Crippen molar-refractivity contribution in [2.75, 3.05) is 0 Å². The Morgan fingerprint density at radius 3 is 2.43 bits per heavy atom. The number of carbonyl (C=O) groups is 1. The van der Waals surface area contributed by atoms with Crippen LogP contribution in [0.15, 0.2) is 6.07 Å². The number of rotatable bonds is 2. The molecule has 1 aromatic rings. The largest absolute Gasteiger partial charge is 0.349 e. The molecular formula is C14H19Cl3N2OS. The molecule has 118 valence electrons. The zero-order valence-corrected chi connectivity index (χ0v) is 14.6. The van der Waals surface area contributed by atoms with Gasteiger partial charge in [0.05, 0.1) is 9.90 Å². The molecule has 3 N–H and O–H groups in total. The fourth-order valence-electron chi connectivity index (χ4n) is 3.75. The average molecular weight is 370 g/mol. The van der Waals surface area contributed by atoms with Crippen LogP contribution in [0.1, 0.15) is 42.5 Å². The van der Waals surface area contributed by atoms with Crippen molar-refractivity contribution in [2.24, 2.45) is 17.6 Å². The number of carbonyl (C=O) groups excluding carboxylic acids is 1. The molecule has 0 radical (unpaired) electrons. The lowest BCUT2D eigenvalue weighted by atomic mass is 9.67. The molecule has 2 bridgehead atoms. The van der Waals surface area contributed by atoms with Crippen molar-refractivity contribution in [3.05, 3.63) is 20.3 Å². The minimum atomic E-state index is -0.101. The lowest BCUT2D eigenvalue weighted by Crippen LogP contribution is -2.53. The van der Waals surface area contributed by atoms with Gasteiger partial charge in [0.2, 0.25) is 0 Å².